The first-order chi connectivity index (χ1) is 41.5. The molecule has 5 rings (SSSR count). The van der Waals surface area contributed by atoms with Crippen molar-refractivity contribution in [2.45, 2.75) is 424 Å². The van der Waals surface area contributed by atoms with Gasteiger partial charge >= 0.3 is 0 Å². The Labute approximate surface area is 549 Å². The van der Waals surface area contributed by atoms with E-state index in [0.29, 0.717) is 0 Å². The fourth-order valence-electron chi connectivity index (χ4n) is 15.7. The van der Waals surface area contributed by atoms with Crippen LogP contribution in [-0.4, -0.2) is 0 Å². The zero-order valence-electron chi connectivity index (χ0n) is 56.3. The molecule has 0 nitrogen and oxygen atoms in total. The van der Waals surface area contributed by atoms with Crippen molar-refractivity contribution >= 4 is 54.5 Å². The van der Waals surface area contributed by atoms with Crippen LogP contribution in [0.5, 0.6) is 0 Å². The summed E-state index contributed by atoms with van der Waals surface area (Å²) in [5.41, 5.74) is 10.3. The molecule has 0 atom stereocenters. The van der Waals surface area contributed by atoms with Crippen LogP contribution < -0.4 is 0 Å². The van der Waals surface area contributed by atoms with Crippen LogP contribution in [0.4, 0.5) is 0 Å². The van der Waals surface area contributed by atoms with E-state index in [2.05, 4.69) is 106 Å². The van der Waals surface area contributed by atoms with Crippen LogP contribution in [0.1, 0.15) is 435 Å². The van der Waals surface area contributed by atoms with Gasteiger partial charge in [-0.1, -0.05) is 387 Å². The summed E-state index contributed by atoms with van der Waals surface area (Å²) >= 11 is 12.4. The lowest BCUT2D eigenvalue weighted by Gasteiger charge is -2.34. The molecular weight excluding hydrogens is 1180 g/mol. The highest BCUT2D eigenvalue weighted by Gasteiger charge is 2.49. The van der Waals surface area contributed by atoms with Gasteiger partial charge in [-0.25, -0.2) is 0 Å². The maximum atomic E-state index is 4.15. The highest BCUT2D eigenvalue weighted by molar-refractivity contribution is 9.11. The second-order valence-corrected chi connectivity index (χ2v) is 32.9. The first kappa shape index (κ1) is 74.3. The van der Waals surface area contributed by atoms with Gasteiger partial charge in [0.05, 0.1) is 7.57 Å². The Morgan fingerprint density at radius 3 is 0.571 bits per heavy atom. The van der Waals surface area contributed by atoms with Crippen LogP contribution in [0, 0.1) is 0 Å². The fraction of sp³-hybridized carbons (Fsp3) is 0.825. The zero-order chi connectivity index (χ0) is 59.4. The molecule has 0 bridgehead atoms. The minimum atomic E-state index is 0.125. The summed E-state index contributed by atoms with van der Waals surface area (Å²) in [6, 6.07) is 11.0. The molecule has 0 N–H and O–H groups in total. The maximum absolute atomic E-state index is 4.15. The fourth-order valence-corrected chi connectivity index (χ4v) is 19.2. The summed E-state index contributed by atoms with van der Waals surface area (Å²) in [6.07, 6.45) is 85.3. The Bertz CT molecular complexity index is 1830. The van der Waals surface area contributed by atoms with Crippen molar-refractivity contribution in [1.29, 1.82) is 0 Å². The van der Waals surface area contributed by atoms with E-state index in [1.54, 1.807) is 43.1 Å². The molecule has 0 unspecified atom stereocenters. The van der Waals surface area contributed by atoms with E-state index in [1.165, 1.54) is 393 Å². The minimum absolute atomic E-state index is 0.125. The zero-order valence-corrected chi connectivity index (χ0v) is 61.1. The van der Waals surface area contributed by atoms with Gasteiger partial charge in [0.25, 0.3) is 0 Å². The Kier molecular flexibility index (Phi) is 42.0. The largest absolute Gasteiger partial charge is 0.128 e. The smallest absolute Gasteiger partial charge is 0.0708 e. The van der Waals surface area contributed by atoms with Gasteiger partial charge in [0.2, 0.25) is 0 Å². The summed E-state index contributed by atoms with van der Waals surface area (Å²) < 4.78 is 2.70. The third-order valence-corrected chi connectivity index (χ3v) is 24.3. The predicted octanol–water partition coefficient (Wildman–Crippen LogP) is 31.4. The molecule has 0 amide bonds. The van der Waals surface area contributed by atoms with Gasteiger partial charge in [-0.2, -0.15) is 0 Å². The van der Waals surface area contributed by atoms with E-state index >= 15 is 0 Å². The Balaban J connectivity index is 1.28. The number of hydrogen-bond acceptors (Lipinski definition) is 2. The van der Waals surface area contributed by atoms with Crippen molar-refractivity contribution in [3.8, 4) is 20.9 Å². The topological polar surface area (TPSA) is 0 Å². The Morgan fingerprint density at radius 1 is 0.226 bits per heavy atom. The Morgan fingerprint density at radius 2 is 0.393 bits per heavy atom. The van der Waals surface area contributed by atoms with E-state index in [1.807, 2.05) is 0 Å². The number of thiophene rings is 2. The van der Waals surface area contributed by atoms with Crippen molar-refractivity contribution in [1.82, 2.24) is 0 Å². The number of halogens is 2. The molecule has 0 fully saturated rings. The quantitative estimate of drug-likeness (QED) is 0.0494. The van der Waals surface area contributed by atoms with E-state index in [4.69, 9.17) is 0 Å². The van der Waals surface area contributed by atoms with E-state index in [-0.39, 0.29) is 10.8 Å². The minimum Gasteiger partial charge on any atom is -0.128 e. The van der Waals surface area contributed by atoms with Crippen LogP contribution in [0.3, 0.4) is 0 Å². The van der Waals surface area contributed by atoms with Gasteiger partial charge < -0.3 is 0 Å². The van der Waals surface area contributed by atoms with Crippen LogP contribution in [0.15, 0.2) is 31.8 Å². The first-order valence-corrected chi connectivity index (χ1v) is 41.5. The first-order valence-electron chi connectivity index (χ1n) is 38.2. The molecule has 0 spiro atoms. The van der Waals surface area contributed by atoms with Crippen molar-refractivity contribution in [2.75, 3.05) is 0 Å². The van der Waals surface area contributed by atoms with Crippen molar-refractivity contribution < 1.29 is 0 Å². The molecular formula is C80H136Br2S2. The number of unbranched alkanes of at least 4 members (excludes halogenated alkanes) is 52. The molecule has 0 radical (unpaired) electrons. The molecule has 3 aromatic rings. The standard InChI is InChI=1S/C80H136Br2S2/c1-5-9-13-17-21-25-29-33-37-41-45-49-53-57-61-79(62-58-54-50-46-42-38-34-30-26-22-18-14-10-6-2)71-65-70-72(66-69(71)77-73(79)67-75(81)83-77)80(74-68-76(82)84-78(70)74,63-59-55-51-47-43-39-35-31-27-23-19-15-11-7-3)64-60-56-52-48-44-40-36-32-28-24-20-16-12-8-4/h65-68H,5-64H2,1-4H3. The third kappa shape index (κ3) is 27.2. The molecule has 0 saturated carbocycles. The second kappa shape index (κ2) is 47.5. The van der Waals surface area contributed by atoms with Crippen molar-refractivity contribution in [3.05, 3.63) is 54.1 Å². The number of rotatable bonds is 60. The van der Waals surface area contributed by atoms with Gasteiger partial charge in [-0.05, 0) is 115 Å². The average molecular weight is 1320 g/mol. The summed E-state index contributed by atoms with van der Waals surface area (Å²) in [5, 5.41) is 0. The predicted molar refractivity (Wildman–Crippen MR) is 390 cm³/mol. The molecule has 2 aliphatic rings. The summed E-state index contributed by atoms with van der Waals surface area (Å²) in [6.45, 7) is 9.33. The second-order valence-electron chi connectivity index (χ2n) is 28.1. The molecule has 0 saturated heterocycles. The molecule has 2 aliphatic carbocycles. The van der Waals surface area contributed by atoms with E-state index in [9.17, 15) is 0 Å². The Hall–Kier alpha value is -0.420. The highest BCUT2D eigenvalue weighted by atomic mass is 79.9. The molecule has 0 aliphatic heterocycles. The molecule has 2 heterocycles. The summed E-state index contributed by atoms with van der Waals surface area (Å²) in [5.74, 6) is 0. The normalized spacial score (nSPS) is 13.8. The van der Waals surface area contributed by atoms with Crippen LogP contribution in [0.2, 0.25) is 0 Å². The van der Waals surface area contributed by atoms with Gasteiger partial charge in [0.15, 0.2) is 0 Å². The van der Waals surface area contributed by atoms with Gasteiger partial charge in [0, 0.05) is 20.6 Å². The monoisotopic (exact) mass is 1320 g/mol. The van der Waals surface area contributed by atoms with Gasteiger partial charge in [-0.3, -0.25) is 0 Å². The van der Waals surface area contributed by atoms with E-state index in [0.717, 1.165) is 0 Å². The highest BCUT2D eigenvalue weighted by Crippen LogP contribution is 2.64. The van der Waals surface area contributed by atoms with Crippen LogP contribution in [0.25, 0.3) is 20.9 Å². The van der Waals surface area contributed by atoms with Crippen molar-refractivity contribution in [2.24, 2.45) is 0 Å². The maximum Gasteiger partial charge on any atom is 0.0708 e. The lowest BCUT2D eigenvalue weighted by Crippen LogP contribution is -2.27. The molecule has 84 heavy (non-hydrogen) atoms. The van der Waals surface area contributed by atoms with Gasteiger partial charge in [0.1, 0.15) is 0 Å². The van der Waals surface area contributed by atoms with Gasteiger partial charge in [-0.15, -0.1) is 22.7 Å². The lowest BCUT2D eigenvalue weighted by molar-refractivity contribution is 0.394. The van der Waals surface area contributed by atoms with Crippen molar-refractivity contribution in [3.63, 3.8) is 0 Å². The SMILES string of the molecule is CCCCCCCCCCCCCCCCC1(CCCCCCCCCCCCCCCC)c2cc3c(cc2-c2sc(Br)cc21)C(CCCCCCCCCCCCCCCC)(CCCCCCCCCCCCCCCC)c1cc(Br)sc1-3. The average Bonchev–Trinajstić information content (AvgIpc) is 1.66. The summed E-state index contributed by atoms with van der Waals surface area (Å²) in [4.78, 5) is 3.24. The number of fused-ring (bicyclic) bond motifs is 6. The molecule has 482 valence electrons. The number of hydrogen-bond donors (Lipinski definition) is 0. The number of benzene rings is 1. The summed E-state index contributed by atoms with van der Waals surface area (Å²) in [7, 11) is 0. The lowest BCUT2D eigenvalue weighted by atomic mass is 9.68. The third-order valence-electron chi connectivity index (χ3n) is 20.9. The van der Waals surface area contributed by atoms with E-state index < -0.39 is 0 Å². The molecule has 2 aromatic heterocycles. The molecule has 4 heteroatoms. The van der Waals surface area contributed by atoms with Crippen LogP contribution >= 0.6 is 54.5 Å². The van der Waals surface area contributed by atoms with Crippen LogP contribution in [-0.2, 0) is 10.8 Å². The molecule has 1 aromatic carbocycles.